The maximum Gasteiger partial charge on any atom is 0.246 e. The number of nitrogens with one attached hydrogen (secondary N) is 3. The van der Waals surface area contributed by atoms with E-state index in [4.69, 9.17) is 4.74 Å². The van der Waals surface area contributed by atoms with Gasteiger partial charge in [0.1, 0.15) is 18.7 Å². The highest BCUT2D eigenvalue weighted by Crippen LogP contribution is 2.28. The Hall–Kier alpha value is -2.57. The lowest BCUT2D eigenvalue weighted by Crippen LogP contribution is -2.58. The van der Waals surface area contributed by atoms with E-state index in [1.807, 2.05) is 57.5 Å². The summed E-state index contributed by atoms with van der Waals surface area (Å²) >= 11 is 1.59. The molecular weight excluding hydrogens is 590 g/mol. The first-order valence-corrected chi connectivity index (χ1v) is 15.7. The fourth-order valence-electron chi connectivity index (χ4n) is 5.57. The molecule has 4 N–H and O–H groups in total. The minimum Gasteiger partial charge on any atom is -0.391 e. The standard InChI is InChI=1S/C31H45N5O5S.ClH/c1-20-27(42-19-34-20)23-7-5-22(6-8-23)16-33-29(39)25-15-24(37)17-36(25)30(40)28(31(2,3)4)35-26(38)18-41-14-11-21-9-12-32-13-10-21;/h5-8,19,21,24-25,28,32,37H,9-18H2,1-4H3,(H,33,39)(H,35,38);1H/t24-,25+,28-;/m1./s1. The molecule has 1 aromatic heterocycles. The lowest BCUT2D eigenvalue weighted by Gasteiger charge is -2.35. The van der Waals surface area contributed by atoms with Crippen LogP contribution in [0, 0.1) is 18.3 Å². The second-order valence-electron chi connectivity index (χ2n) is 12.5. The number of amides is 3. The first kappa shape index (κ1) is 34.9. The number of piperidine rings is 1. The lowest BCUT2D eigenvalue weighted by atomic mass is 9.85. The third-order valence-corrected chi connectivity index (χ3v) is 9.05. The highest BCUT2D eigenvalue weighted by molar-refractivity contribution is 7.13. The van der Waals surface area contributed by atoms with Gasteiger partial charge in [-0.3, -0.25) is 14.4 Å². The smallest absolute Gasteiger partial charge is 0.246 e. The van der Waals surface area contributed by atoms with Gasteiger partial charge < -0.3 is 30.7 Å². The monoisotopic (exact) mass is 635 g/mol. The Balaban J connectivity index is 0.00000506. The van der Waals surface area contributed by atoms with Gasteiger partial charge in [0.2, 0.25) is 17.7 Å². The number of nitrogens with zero attached hydrogens (tertiary/aromatic N) is 2. The molecule has 4 rings (SSSR count). The van der Waals surface area contributed by atoms with Crippen LogP contribution < -0.4 is 16.0 Å². The van der Waals surface area contributed by atoms with E-state index >= 15 is 0 Å². The van der Waals surface area contributed by atoms with Gasteiger partial charge in [-0.2, -0.15) is 0 Å². The van der Waals surface area contributed by atoms with Crippen molar-refractivity contribution in [1.29, 1.82) is 0 Å². The highest BCUT2D eigenvalue weighted by atomic mass is 35.5. The molecular formula is C31H46ClN5O5S. The molecule has 0 spiro atoms. The zero-order valence-corrected chi connectivity index (χ0v) is 27.2. The Bertz CT molecular complexity index is 1210. The number of likely N-dealkylation sites (tertiary alicyclic amines) is 1. The quantitative estimate of drug-likeness (QED) is 0.279. The maximum absolute atomic E-state index is 13.7. The highest BCUT2D eigenvalue weighted by Gasteiger charge is 2.44. The number of hydrogen-bond donors (Lipinski definition) is 4. The van der Waals surface area contributed by atoms with Crippen molar-refractivity contribution in [2.45, 2.75) is 78.1 Å². The minimum absolute atomic E-state index is 0. The number of carbonyl (C=O) groups is 3. The van der Waals surface area contributed by atoms with Gasteiger partial charge >= 0.3 is 0 Å². The van der Waals surface area contributed by atoms with E-state index in [0.29, 0.717) is 19.1 Å². The lowest BCUT2D eigenvalue weighted by molar-refractivity contribution is -0.144. The first-order chi connectivity index (χ1) is 20.0. The molecule has 2 fully saturated rings. The fourth-order valence-corrected chi connectivity index (χ4v) is 6.38. The van der Waals surface area contributed by atoms with Crippen LogP contribution in [0.5, 0.6) is 0 Å². The third-order valence-electron chi connectivity index (χ3n) is 8.07. The van der Waals surface area contributed by atoms with Gasteiger partial charge in [-0.05, 0) is 61.7 Å². The number of aliphatic hydroxyl groups excluding tert-OH is 1. The first-order valence-electron chi connectivity index (χ1n) is 14.9. The van der Waals surface area contributed by atoms with E-state index in [1.165, 1.54) is 4.90 Å². The Morgan fingerprint density at radius 2 is 1.88 bits per heavy atom. The molecule has 3 amide bonds. The zero-order chi connectivity index (χ0) is 30.3. The van der Waals surface area contributed by atoms with Gasteiger partial charge in [0.05, 0.1) is 22.2 Å². The molecule has 3 atom stereocenters. The molecule has 43 heavy (non-hydrogen) atoms. The van der Waals surface area contributed by atoms with Crippen molar-refractivity contribution in [2.24, 2.45) is 11.3 Å². The largest absolute Gasteiger partial charge is 0.391 e. The number of rotatable bonds is 11. The van der Waals surface area contributed by atoms with E-state index in [1.54, 1.807) is 11.3 Å². The summed E-state index contributed by atoms with van der Waals surface area (Å²) in [5, 5.41) is 19.5. The second-order valence-corrected chi connectivity index (χ2v) is 13.3. The number of carbonyl (C=O) groups excluding carboxylic acids is 3. The summed E-state index contributed by atoms with van der Waals surface area (Å²) in [5.74, 6) is -0.476. The van der Waals surface area contributed by atoms with Gasteiger partial charge in [-0.1, -0.05) is 45.0 Å². The molecule has 2 aliphatic heterocycles. The van der Waals surface area contributed by atoms with Crippen molar-refractivity contribution in [3.05, 3.63) is 41.0 Å². The molecule has 0 bridgehead atoms. The summed E-state index contributed by atoms with van der Waals surface area (Å²) < 4.78 is 5.64. The van der Waals surface area contributed by atoms with Gasteiger partial charge in [0.15, 0.2) is 0 Å². The minimum atomic E-state index is -0.874. The number of β-amino-alcohol motifs (C(OH)–C–C–N with tert-alkyl or cyclic N) is 1. The molecule has 238 valence electrons. The van der Waals surface area contributed by atoms with E-state index in [0.717, 1.165) is 54.0 Å². The van der Waals surface area contributed by atoms with Crippen molar-refractivity contribution in [3.63, 3.8) is 0 Å². The Morgan fingerprint density at radius 1 is 1.19 bits per heavy atom. The number of halogens is 1. The molecule has 0 aliphatic carbocycles. The van der Waals surface area contributed by atoms with E-state index in [-0.39, 0.29) is 49.7 Å². The van der Waals surface area contributed by atoms with Crippen molar-refractivity contribution < 1.29 is 24.2 Å². The third kappa shape index (κ3) is 9.71. The van der Waals surface area contributed by atoms with E-state index in [2.05, 4.69) is 20.9 Å². The molecule has 0 saturated carbocycles. The van der Waals surface area contributed by atoms with Gasteiger partial charge in [0.25, 0.3) is 0 Å². The van der Waals surface area contributed by atoms with Crippen LogP contribution in [0.15, 0.2) is 29.8 Å². The number of ether oxygens (including phenoxy) is 1. The van der Waals surface area contributed by atoms with Crippen LogP contribution in [0.25, 0.3) is 10.4 Å². The van der Waals surface area contributed by atoms with Crippen LogP contribution in [0.1, 0.15) is 57.7 Å². The second kappa shape index (κ2) is 15.9. The van der Waals surface area contributed by atoms with Crippen molar-refractivity contribution in [3.8, 4) is 10.4 Å². The van der Waals surface area contributed by atoms with Crippen LogP contribution in [-0.2, 0) is 25.7 Å². The van der Waals surface area contributed by atoms with Gasteiger partial charge in [-0.25, -0.2) is 4.98 Å². The summed E-state index contributed by atoms with van der Waals surface area (Å²) in [7, 11) is 0. The van der Waals surface area contributed by atoms with Gasteiger partial charge in [-0.15, -0.1) is 23.7 Å². The normalized spacial score (nSPS) is 19.9. The Labute approximate surface area is 264 Å². The predicted molar refractivity (Wildman–Crippen MR) is 170 cm³/mol. The summed E-state index contributed by atoms with van der Waals surface area (Å²) in [4.78, 5) is 46.6. The number of thiazole rings is 1. The number of hydrogen-bond acceptors (Lipinski definition) is 8. The number of aryl methyl sites for hydroxylation is 1. The van der Waals surface area contributed by atoms with Crippen molar-refractivity contribution in [1.82, 2.24) is 25.8 Å². The fraction of sp³-hybridized carbons (Fsp3) is 0.613. The van der Waals surface area contributed by atoms with Crippen LogP contribution >= 0.6 is 23.7 Å². The Morgan fingerprint density at radius 3 is 2.51 bits per heavy atom. The molecule has 2 saturated heterocycles. The SMILES string of the molecule is Cc1ncsc1-c1ccc(CNC(=O)[C@@H]2C[C@@H](O)CN2C(=O)[C@@H](NC(=O)COCCC2CCNCC2)C(C)(C)C)cc1.Cl. The van der Waals surface area contributed by atoms with Crippen LogP contribution in [0.4, 0.5) is 0 Å². The summed E-state index contributed by atoms with van der Waals surface area (Å²) in [6, 6.07) is 6.23. The molecule has 0 radical (unpaired) electrons. The summed E-state index contributed by atoms with van der Waals surface area (Å²) in [6.45, 7) is 10.3. The van der Waals surface area contributed by atoms with Gasteiger partial charge in [0, 0.05) is 26.1 Å². The molecule has 2 aliphatic rings. The van der Waals surface area contributed by atoms with Crippen molar-refractivity contribution >= 4 is 41.5 Å². The van der Waals surface area contributed by atoms with Crippen LogP contribution in [-0.4, -0.2) is 83.7 Å². The zero-order valence-electron chi connectivity index (χ0n) is 25.6. The van der Waals surface area contributed by atoms with E-state index in [9.17, 15) is 19.5 Å². The molecule has 0 unspecified atom stereocenters. The van der Waals surface area contributed by atoms with Crippen molar-refractivity contribution in [2.75, 3.05) is 32.8 Å². The molecule has 3 heterocycles. The topological polar surface area (TPSA) is 133 Å². The average Bonchev–Trinajstić information content (AvgIpc) is 3.58. The van der Waals surface area contributed by atoms with Crippen LogP contribution in [0.3, 0.4) is 0 Å². The molecule has 10 nitrogen and oxygen atoms in total. The van der Waals surface area contributed by atoms with Crippen LogP contribution in [0.2, 0.25) is 0 Å². The predicted octanol–water partition coefficient (Wildman–Crippen LogP) is 3.06. The number of benzene rings is 1. The average molecular weight is 636 g/mol. The van der Waals surface area contributed by atoms with E-state index < -0.39 is 23.6 Å². The number of aliphatic hydroxyl groups is 1. The summed E-state index contributed by atoms with van der Waals surface area (Å²) in [6.07, 6.45) is 2.47. The molecule has 2 aromatic rings. The number of aromatic nitrogens is 1. The molecule has 12 heteroatoms. The maximum atomic E-state index is 13.7. The molecule has 1 aromatic carbocycles. The summed E-state index contributed by atoms with van der Waals surface area (Å²) in [5.41, 5.74) is 4.18. The Kier molecular flexibility index (Phi) is 12.9.